The Morgan fingerprint density at radius 1 is 1.00 bits per heavy atom. The molecule has 2 atom stereocenters. The van der Waals surface area contributed by atoms with Gasteiger partial charge in [-0.3, -0.25) is 0 Å². The summed E-state index contributed by atoms with van der Waals surface area (Å²) < 4.78 is 0. The Balaban J connectivity index is 2.89. The third-order valence-electron chi connectivity index (χ3n) is 2.65. The van der Waals surface area contributed by atoms with E-state index >= 15 is 0 Å². The van der Waals surface area contributed by atoms with Gasteiger partial charge in [0.1, 0.15) is 0 Å². The SMILES string of the molecule is CC[C@@H](N)c1cccc([C@H](N)CC)c1. The zero-order chi connectivity index (χ0) is 10.6. The van der Waals surface area contributed by atoms with Crippen LogP contribution >= 0.6 is 0 Å². The van der Waals surface area contributed by atoms with E-state index in [-0.39, 0.29) is 12.1 Å². The summed E-state index contributed by atoms with van der Waals surface area (Å²) in [5.74, 6) is 0. The maximum Gasteiger partial charge on any atom is 0.0292 e. The van der Waals surface area contributed by atoms with Crippen LogP contribution in [-0.2, 0) is 0 Å². The molecule has 0 unspecified atom stereocenters. The molecule has 0 radical (unpaired) electrons. The Labute approximate surface area is 86.3 Å². The number of benzene rings is 1. The van der Waals surface area contributed by atoms with Gasteiger partial charge in [-0.1, -0.05) is 38.1 Å². The van der Waals surface area contributed by atoms with Crippen molar-refractivity contribution in [2.24, 2.45) is 11.5 Å². The molecule has 1 aromatic carbocycles. The fraction of sp³-hybridized carbons (Fsp3) is 0.500. The zero-order valence-corrected chi connectivity index (χ0v) is 9.03. The molecule has 0 aliphatic rings. The molecule has 2 heteroatoms. The van der Waals surface area contributed by atoms with Crippen LogP contribution < -0.4 is 11.5 Å². The summed E-state index contributed by atoms with van der Waals surface area (Å²) >= 11 is 0. The molecule has 1 aromatic rings. The molecule has 0 aromatic heterocycles. The highest BCUT2D eigenvalue weighted by Gasteiger charge is 2.07. The third-order valence-corrected chi connectivity index (χ3v) is 2.65. The second-order valence-electron chi connectivity index (χ2n) is 3.70. The van der Waals surface area contributed by atoms with E-state index in [1.807, 2.05) is 6.07 Å². The van der Waals surface area contributed by atoms with Gasteiger partial charge in [-0.2, -0.15) is 0 Å². The van der Waals surface area contributed by atoms with Gasteiger partial charge in [-0.15, -0.1) is 0 Å². The largest absolute Gasteiger partial charge is 0.324 e. The van der Waals surface area contributed by atoms with Crippen molar-refractivity contribution in [1.29, 1.82) is 0 Å². The average molecular weight is 192 g/mol. The highest BCUT2D eigenvalue weighted by molar-refractivity contribution is 5.27. The molecular weight excluding hydrogens is 172 g/mol. The summed E-state index contributed by atoms with van der Waals surface area (Å²) in [4.78, 5) is 0. The Hall–Kier alpha value is -0.860. The van der Waals surface area contributed by atoms with Crippen LogP contribution in [0, 0.1) is 0 Å². The molecule has 1 rings (SSSR count). The monoisotopic (exact) mass is 192 g/mol. The van der Waals surface area contributed by atoms with Crippen molar-refractivity contribution < 1.29 is 0 Å². The second-order valence-corrected chi connectivity index (χ2v) is 3.70. The quantitative estimate of drug-likeness (QED) is 0.770. The first kappa shape index (κ1) is 11.2. The summed E-state index contributed by atoms with van der Waals surface area (Å²) in [5.41, 5.74) is 14.3. The number of hydrogen-bond acceptors (Lipinski definition) is 2. The van der Waals surface area contributed by atoms with E-state index < -0.39 is 0 Å². The average Bonchev–Trinajstić information content (AvgIpc) is 2.27. The van der Waals surface area contributed by atoms with Gasteiger partial charge in [0.05, 0.1) is 0 Å². The number of hydrogen-bond donors (Lipinski definition) is 2. The van der Waals surface area contributed by atoms with E-state index in [4.69, 9.17) is 11.5 Å². The summed E-state index contributed by atoms with van der Waals surface area (Å²) in [5, 5.41) is 0. The molecule has 0 amide bonds. The molecule has 14 heavy (non-hydrogen) atoms. The van der Waals surface area contributed by atoms with Crippen molar-refractivity contribution >= 4 is 0 Å². The molecule has 4 N–H and O–H groups in total. The van der Waals surface area contributed by atoms with Crippen molar-refractivity contribution in [2.45, 2.75) is 38.8 Å². The van der Waals surface area contributed by atoms with Crippen LogP contribution in [-0.4, -0.2) is 0 Å². The van der Waals surface area contributed by atoms with Gasteiger partial charge in [-0.25, -0.2) is 0 Å². The van der Waals surface area contributed by atoms with Crippen LogP contribution in [0.5, 0.6) is 0 Å². The fourth-order valence-electron chi connectivity index (χ4n) is 1.49. The van der Waals surface area contributed by atoms with Crippen molar-refractivity contribution in [1.82, 2.24) is 0 Å². The zero-order valence-electron chi connectivity index (χ0n) is 9.03. The van der Waals surface area contributed by atoms with Crippen LogP contribution in [0.4, 0.5) is 0 Å². The van der Waals surface area contributed by atoms with Crippen LogP contribution in [0.1, 0.15) is 49.9 Å². The summed E-state index contributed by atoms with van der Waals surface area (Å²) in [7, 11) is 0. The lowest BCUT2D eigenvalue weighted by Crippen LogP contribution is -2.12. The summed E-state index contributed by atoms with van der Waals surface area (Å²) in [6, 6.07) is 8.58. The normalized spacial score (nSPS) is 15.1. The topological polar surface area (TPSA) is 52.0 Å². The van der Waals surface area contributed by atoms with E-state index in [1.165, 1.54) is 11.1 Å². The standard InChI is InChI=1S/C12H20N2/c1-3-11(13)9-6-5-7-10(8-9)12(14)4-2/h5-8,11-12H,3-4,13-14H2,1-2H3/t11-,12-/m1/s1. The van der Waals surface area contributed by atoms with Gasteiger partial charge in [0, 0.05) is 12.1 Å². The Kier molecular flexibility index (Phi) is 4.11. The second kappa shape index (κ2) is 5.13. The van der Waals surface area contributed by atoms with E-state index in [9.17, 15) is 0 Å². The van der Waals surface area contributed by atoms with Gasteiger partial charge in [0.15, 0.2) is 0 Å². The van der Waals surface area contributed by atoms with E-state index in [1.54, 1.807) is 0 Å². The third kappa shape index (κ3) is 2.56. The molecule has 0 heterocycles. The van der Waals surface area contributed by atoms with E-state index in [2.05, 4.69) is 32.0 Å². The number of nitrogens with two attached hydrogens (primary N) is 2. The first-order valence-electron chi connectivity index (χ1n) is 5.30. The lowest BCUT2D eigenvalue weighted by molar-refractivity contribution is 0.677. The predicted molar refractivity (Wildman–Crippen MR) is 60.9 cm³/mol. The Morgan fingerprint density at radius 3 is 1.79 bits per heavy atom. The molecule has 0 saturated heterocycles. The summed E-state index contributed by atoms with van der Waals surface area (Å²) in [6.45, 7) is 4.19. The van der Waals surface area contributed by atoms with Gasteiger partial charge >= 0.3 is 0 Å². The maximum absolute atomic E-state index is 5.96. The lowest BCUT2D eigenvalue weighted by atomic mass is 9.98. The lowest BCUT2D eigenvalue weighted by Gasteiger charge is -2.14. The molecule has 0 spiro atoms. The Bertz CT molecular complexity index is 258. The molecule has 78 valence electrons. The molecule has 2 nitrogen and oxygen atoms in total. The number of rotatable bonds is 4. The first-order chi connectivity index (χ1) is 6.69. The van der Waals surface area contributed by atoms with Crippen LogP contribution in [0.15, 0.2) is 24.3 Å². The summed E-state index contributed by atoms with van der Waals surface area (Å²) in [6.07, 6.45) is 1.93. The van der Waals surface area contributed by atoms with Crippen molar-refractivity contribution in [3.8, 4) is 0 Å². The van der Waals surface area contributed by atoms with Gasteiger partial charge in [-0.05, 0) is 24.0 Å². The van der Waals surface area contributed by atoms with Crippen LogP contribution in [0.2, 0.25) is 0 Å². The van der Waals surface area contributed by atoms with Crippen LogP contribution in [0.3, 0.4) is 0 Å². The molecule has 0 fully saturated rings. The molecule has 0 bridgehead atoms. The minimum Gasteiger partial charge on any atom is -0.324 e. The first-order valence-corrected chi connectivity index (χ1v) is 5.30. The highest BCUT2D eigenvalue weighted by atomic mass is 14.6. The fourth-order valence-corrected chi connectivity index (χ4v) is 1.49. The van der Waals surface area contributed by atoms with Gasteiger partial charge in [0.25, 0.3) is 0 Å². The van der Waals surface area contributed by atoms with Crippen molar-refractivity contribution in [3.63, 3.8) is 0 Å². The maximum atomic E-state index is 5.96. The minimum absolute atomic E-state index is 0.138. The smallest absolute Gasteiger partial charge is 0.0292 e. The molecule has 0 aliphatic carbocycles. The van der Waals surface area contributed by atoms with E-state index in [0.29, 0.717) is 0 Å². The van der Waals surface area contributed by atoms with Gasteiger partial charge < -0.3 is 11.5 Å². The van der Waals surface area contributed by atoms with E-state index in [0.717, 1.165) is 12.8 Å². The molecular formula is C12H20N2. The predicted octanol–water partition coefficient (Wildman–Crippen LogP) is 2.51. The Morgan fingerprint density at radius 2 is 1.43 bits per heavy atom. The molecule has 0 aliphatic heterocycles. The molecule has 0 saturated carbocycles. The van der Waals surface area contributed by atoms with Gasteiger partial charge in [0.2, 0.25) is 0 Å². The van der Waals surface area contributed by atoms with Crippen molar-refractivity contribution in [3.05, 3.63) is 35.4 Å². The van der Waals surface area contributed by atoms with Crippen LogP contribution in [0.25, 0.3) is 0 Å². The highest BCUT2D eigenvalue weighted by Crippen LogP contribution is 2.19. The van der Waals surface area contributed by atoms with Crippen molar-refractivity contribution in [2.75, 3.05) is 0 Å². The minimum atomic E-state index is 0.138.